The smallest absolute Gasteiger partial charge is 0.00416 e. The molecular formula is C9H19S. The average molecular weight is 159 g/mol. The van der Waals surface area contributed by atoms with Gasteiger partial charge in [-0.3, -0.25) is 0 Å². The van der Waals surface area contributed by atoms with Crippen molar-refractivity contribution in [2.45, 2.75) is 44.3 Å². The van der Waals surface area contributed by atoms with Gasteiger partial charge in [-0.15, -0.1) is 0 Å². The van der Waals surface area contributed by atoms with E-state index in [1.807, 2.05) is 11.8 Å². The van der Waals surface area contributed by atoms with Crippen LogP contribution in [0, 0.1) is 6.92 Å². The summed E-state index contributed by atoms with van der Waals surface area (Å²) in [6.07, 6.45) is 8.68. The van der Waals surface area contributed by atoms with Crippen molar-refractivity contribution in [2.24, 2.45) is 0 Å². The van der Waals surface area contributed by atoms with Gasteiger partial charge in [0.2, 0.25) is 0 Å². The maximum atomic E-state index is 3.83. The van der Waals surface area contributed by atoms with Crippen LogP contribution < -0.4 is 0 Å². The van der Waals surface area contributed by atoms with Crippen molar-refractivity contribution in [3.05, 3.63) is 6.92 Å². The Hall–Kier alpha value is 0.350. The van der Waals surface area contributed by atoms with E-state index in [2.05, 4.69) is 20.1 Å². The highest BCUT2D eigenvalue weighted by Gasteiger charge is 2.01. The van der Waals surface area contributed by atoms with Gasteiger partial charge in [0.1, 0.15) is 0 Å². The molecule has 0 rings (SSSR count). The summed E-state index contributed by atoms with van der Waals surface area (Å²) in [7, 11) is 0. The second kappa shape index (κ2) is 7.46. The highest BCUT2D eigenvalue weighted by Crippen LogP contribution is 2.17. The van der Waals surface area contributed by atoms with Crippen LogP contribution >= 0.6 is 11.8 Å². The average Bonchev–Trinajstić information content (AvgIpc) is 1.99. The number of hydrogen-bond donors (Lipinski definition) is 0. The summed E-state index contributed by atoms with van der Waals surface area (Å²) in [6, 6.07) is 0. The predicted octanol–water partition coefficient (Wildman–Crippen LogP) is 3.52. The van der Waals surface area contributed by atoms with Crippen molar-refractivity contribution in [3.8, 4) is 0 Å². The Morgan fingerprint density at radius 3 is 2.50 bits per heavy atom. The van der Waals surface area contributed by atoms with Crippen LogP contribution in [0.15, 0.2) is 0 Å². The Labute approximate surface area is 69.8 Å². The fraction of sp³-hybridized carbons (Fsp3) is 0.889. The van der Waals surface area contributed by atoms with Crippen LogP contribution in [0.4, 0.5) is 0 Å². The molecule has 0 amide bonds. The summed E-state index contributed by atoms with van der Waals surface area (Å²) in [6.45, 7) is 6.10. The third-order valence-electron chi connectivity index (χ3n) is 1.81. The van der Waals surface area contributed by atoms with Crippen LogP contribution in [0.1, 0.15) is 39.0 Å². The van der Waals surface area contributed by atoms with Crippen LogP contribution in [-0.2, 0) is 0 Å². The number of rotatable bonds is 6. The summed E-state index contributed by atoms with van der Waals surface area (Å²) in [5.41, 5.74) is 0. The highest BCUT2D eigenvalue weighted by atomic mass is 32.2. The van der Waals surface area contributed by atoms with Crippen molar-refractivity contribution in [1.82, 2.24) is 0 Å². The Morgan fingerprint density at radius 1 is 1.40 bits per heavy atom. The van der Waals surface area contributed by atoms with Crippen LogP contribution in [0.25, 0.3) is 0 Å². The molecule has 1 atom stereocenters. The SMILES string of the molecule is [CH2]CCCCC(CC)SC. The molecule has 1 heteroatoms. The van der Waals surface area contributed by atoms with E-state index in [1.54, 1.807) is 0 Å². The largest absolute Gasteiger partial charge is 0.162 e. The third-order valence-corrected chi connectivity index (χ3v) is 3.05. The maximum Gasteiger partial charge on any atom is 0.00416 e. The second-order valence-corrected chi connectivity index (χ2v) is 3.75. The quantitative estimate of drug-likeness (QED) is 0.534. The lowest BCUT2D eigenvalue weighted by Gasteiger charge is -2.09. The maximum absolute atomic E-state index is 3.83. The summed E-state index contributed by atoms with van der Waals surface area (Å²) in [5.74, 6) is 0. The third kappa shape index (κ3) is 5.16. The van der Waals surface area contributed by atoms with E-state index < -0.39 is 0 Å². The molecule has 0 saturated heterocycles. The lowest BCUT2D eigenvalue weighted by atomic mass is 10.1. The highest BCUT2D eigenvalue weighted by molar-refractivity contribution is 7.99. The number of unbranched alkanes of at least 4 members (excludes halogenated alkanes) is 2. The molecule has 1 unspecified atom stereocenters. The lowest BCUT2D eigenvalue weighted by molar-refractivity contribution is 0.650. The molecule has 0 aromatic heterocycles. The molecule has 0 aliphatic carbocycles. The van der Waals surface area contributed by atoms with Gasteiger partial charge in [-0.05, 0) is 19.1 Å². The van der Waals surface area contributed by atoms with E-state index in [4.69, 9.17) is 0 Å². The zero-order valence-electron chi connectivity index (χ0n) is 7.23. The van der Waals surface area contributed by atoms with Crippen molar-refractivity contribution in [3.63, 3.8) is 0 Å². The van der Waals surface area contributed by atoms with Gasteiger partial charge < -0.3 is 0 Å². The van der Waals surface area contributed by atoms with E-state index >= 15 is 0 Å². The van der Waals surface area contributed by atoms with Crippen LogP contribution in [0.5, 0.6) is 0 Å². The molecule has 0 fully saturated rings. The molecule has 0 aromatic carbocycles. The van der Waals surface area contributed by atoms with Gasteiger partial charge in [0.25, 0.3) is 0 Å². The molecule has 0 aliphatic rings. The van der Waals surface area contributed by atoms with Gasteiger partial charge in [0.15, 0.2) is 0 Å². The summed E-state index contributed by atoms with van der Waals surface area (Å²) in [5, 5.41) is 0.895. The second-order valence-electron chi connectivity index (χ2n) is 2.62. The topological polar surface area (TPSA) is 0 Å². The van der Waals surface area contributed by atoms with E-state index in [1.165, 1.54) is 25.7 Å². The first-order valence-corrected chi connectivity index (χ1v) is 5.46. The molecule has 0 heterocycles. The standard InChI is InChI=1S/C9H19S/c1-4-6-7-8-9(5-2)10-3/h9H,1,4-8H2,2-3H3. The fourth-order valence-electron chi connectivity index (χ4n) is 1.04. The minimum absolute atomic E-state index is 0.895. The molecule has 0 spiro atoms. The zero-order chi connectivity index (χ0) is 7.82. The minimum Gasteiger partial charge on any atom is -0.162 e. The zero-order valence-corrected chi connectivity index (χ0v) is 8.04. The summed E-state index contributed by atoms with van der Waals surface area (Å²) >= 11 is 2.00. The van der Waals surface area contributed by atoms with Crippen molar-refractivity contribution >= 4 is 11.8 Å². The van der Waals surface area contributed by atoms with Crippen molar-refractivity contribution in [2.75, 3.05) is 6.26 Å². The molecule has 0 N–H and O–H groups in total. The molecule has 0 aromatic rings. The predicted molar refractivity (Wildman–Crippen MR) is 51.4 cm³/mol. The Bertz CT molecular complexity index is 57.7. The number of hydrogen-bond acceptors (Lipinski definition) is 1. The van der Waals surface area contributed by atoms with Gasteiger partial charge >= 0.3 is 0 Å². The first-order valence-electron chi connectivity index (χ1n) is 4.17. The van der Waals surface area contributed by atoms with E-state index in [0.717, 1.165) is 11.7 Å². The molecule has 0 nitrogen and oxygen atoms in total. The molecule has 0 bridgehead atoms. The van der Waals surface area contributed by atoms with Crippen molar-refractivity contribution < 1.29 is 0 Å². The summed E-state index contributed by atoms with van der Waals surface area (Å²) in [4.78, 5) is 0. The summed E-state index contributed by atoms with van der Waals surface area (Å²) < 4.78 is 0. The Morgan fingerprint density at radius 2 is 2.10 bits per heavy atom. The molecule has 61 valence electrons. The Balaban J connectivity index is 3.09. The van der Waals surface area contributed by atoms with Gasteiger partial charge in [-0.1, -0.05) is 33.1 Å². The fourth-order valence-corrected chi connectivity index (χ4v) is 1.77. The molecule has 10 heavy (non-hydrogen) atoms. The molecule has 0 saturated carbocycles. The van der Waals surface area contributed by atoms with Crippen LogP contribution in [0.2, 0.25) is 0 Å². The molecule has 0 aliphatic heterocycles. The van der Waals surface area contributed by atoms with Gasteiger partial charge in [-0.2, -0.15) is 11.8 Å². The van der Waals surface area contributed by atoms with Crippen LogP contribution in [0.3, 0.4) is 0 Å². The van der Waals surface area contributed by atoms with E-state index in [0.29, 0.717) is 0 Å². The number of thioether (sulfide) groups is 1. The lowest BCUT2D eigenvalue weighted by Crippen LogP contribution is -1.98. The first-order chi connectivity index (χ1) is 4.85. The van der Waals surface area contributed by atoms with E-state index in [-0.39, 0.29) is 0 Å². The van der Waals surface area contributed by atoms with Crippen LogP contribution in [-0.4, -0.2) is 11.5 Å². The normalized spacial score (nSPS) is 13.5. The molecule has 1 radical (unpaired) electrons. The first kappa shape index (κ1) is 10.3. The Kier molecular flexibility index (Phi) is 7.72. The van der Waals surface area contributed by atoms with Gasteiger partial charge in [0.05, 0.1) is 0 Å². The minimum atomic E-state index is 0.895. The molecular weight excluding hydrogens is 140 g/mol. The van der Waals surface area contributed by atoms with Gasteiger partial charge in [0, 0.05) is 5.25 Å². The van der Waals surface area contributed by atoms with E-state index in [9.17, 15) is 0 Å². The van der Waals surface area contributed by atoms with Gasteiger partial charge in [-0.25, -0.2) is 0 Å². The monoisotopic (exact) mass is 159 g/mol. The van der Waals surface area contributed by atoms with Crippen molar-refractivity contribution in [1.29, 1.82) is 0 Å².